The van der Waals surface area contributed by atoms with Gasteiger partial charge in [-0.05, 0) is 63.6 Å². The molecule has 3 aromatic heterocycles. The van der Waals surface area contributed by atoms with E-state index < -0.39 is 109 Å². The van der Waals surface area contributed by atoms with Gasteiger partial charge in [0.1, 0.15) is 0 Å². The number of aromatic nitrogens is 5. The van der Waals surface area contributed by atoms with Crippen LogP contribution in [-0.2, 0) is 0 Å². The highest BCUT2D eigenvalue weighted by atomic mass is 15.3. The van der Waals surface area contributed by atoms with Gasteiger partial charge in [0.2, 0.25) is 11.9 Å². The number of hydrogen-bond acceptors (Lipinski definition) is 3. The van der Waals surface area contributed by atoms with E-state index >= 15 is 0 Å². The van der Waals surface area contributed by atoms with Gasteiger partial charge >= 0.3 is 0 Å². The normalized spacial score (nSPS) is 15.6. The van der Waals surface area contributed by atoms with Gasteiger partial charge in [-0.1, -0.05) is 170 Å². The smallest absolute Gasteiger partial charge is 0.240 e. The van der Waals surface area contributed by atoms with Crippen molar-refractivity contribution in [3.05, 3.63) is 200 Å². The first kappa shape index (κ1) is 19.6. The average molecular weight is 732 g/mol. The zero-order chi connectivity index (χ0) is 50.9. The van der Waals surface area contributed by atoms with Gasteiger partial charge < -0.3 is 0 Å². The molecule has 3 heterocycles. The molecule has 0 spiro atoms. The summed E-state index contributed by atoms with van der Waals surface area (Å²) in [5.41, 5.74) is 4.43. The maximum atomic E-state index is 9.21. The zero-order valence-corrected chi connectivity index (χ0v) is 29.1. The fourth-order valence-electron chi connectivity index (χ4n) is 7.21. The lowest BCUT2D eigenvalue weighted by molar-refractivity contribution is 0.893. The molecule has 0 saturated heterocycles. The molecule has 5 heteroatoms. The number of benzene rings is 8. The van der Waals surface area contributed by atoms with E-state index in [9.17, 15) is 5.48 Å². The predicted octanol–water partition coefficient (Wildman–Crippen LogP) is 12.7. The van der Waals surface area contributed by atoms with E-state index in [1.54, 1.807) is 18.2 Å². The van der Waals surface area contributed by atoms with Gasteiger partial charge in [0.25, 0.3) is 0 Å². The van der Waals surface area contributed by atoms with Crippen molar-refractivity contribution in [1.29, 1.82) is 0 Å². The minimum Gasteiger partial charge on any atom is -0.278 e. The molecule has 0 fully saturated rings. The molecule has 0 aliphatic rings. The van der Waals surface area contributed by atoms with Gasteiger partial charge in [0.15, 0.2) is 5.82 Å². The van der Waals surface area contributed by atoms with Crippen molar-refractivity contribution in [2.75, 3.05) is 0 Å². The van der Waals surface area contributed by atoms with Crippen LogP contribution in [0.2, 0.25) is 0 Å². The number of nitrogens with zero attached hydrogens (tertiary/aromatic N) is 5. The largest absolute Gasteiger partial charge is 0.278 e. The Balaban J connectivity index is 1.25. The van der Waals surface area contributed by atoms with Crippen LogP contribution in [0, 0.1) is 0 Å². The summed E-state index contributed by atoms with van der Waals surface area (Å²) in [5, 5.41) is -1.05. The van der Waals surface area contributed by atoms with Gasteiger partial charge in [-0.15, -0.1) is 0 Å². The van der Waals surface area contributed by atoms with Crippen LogP contribution in [0.1, 0.15) is 21.9 Å². The highest BCUT2D eigenvalue weighted by Crippen LogP contribution is 2.37. The lowest BCUT2D eigenvalue weighted by atomic mass is 9.92. The number of fused-ring (bicyclic) bond motifs is 6. The third-order valence-corrected chi connectivity index (χ3v) is 9.74. The number of rotatable bonds is 6. The van der Waals surface area contributed by atoms with Gasteiger partial charge in [0, 0.05) is 27.1 Å². The minimum atomic E-state index is -0.697. The van der Waals surface area contributed by atoms with Crippen molar-refractivity contribution >= 4 is 43.6 Å². The molecule has 0 radical (unpaired) electrons. The SMILES string of the molecule is [2H]c1c([2H])c([2H])c2c(c1[2H])c1c([2H])c([2H])c([2H])c([2H])c1n2-c1nc(-c2cccc(-c3ccccc3-c3ccc(-c4ccccc4)cc3)c2)nc(-n2c3c([2H])c([2H])c([2H])c([2H])c3c3c([2H])c([2H])c([2H])c([2H])c32)n1. The van der Waals surface area contributed by atoms with E-state index in [4.69, 9.17) is 31.4 Å². The Labute approximate surface area is 345 Å². The number of para-hydroxylation sites is 4. The summed E-state index contributed by atoms with van der Waals surface area (Å²) in [6.07, 6.45) is 0. The molecule has 11 aromatic rings. The highest BCUT2D eigenvalue weighted by molar-refractivity contribution is 6.10. The predicted molar refractivity (Wildman–Crippen MR) is 230 cm³/mol. The van der Waals surface area contributed by atoms with Gasteiger partial charge in [-0.2, -0.15) is 15.0 Å². The second kappa shape index (κ2) is 13.0. The van der Waals surface area contributed by atoms with E-state index in [0.717, 1.165) is 37.0 Å². The highest BCUT2D eigenvalue weighted by Gasteiger charge is 2.20. The molecule has 56 heavy (non-hydrogen) atoms. The molecule has 11 rings (SSSR count). The maximum absolute atomic E-state index is 9.21. The van der Waals surface area contributed by atoms with Crippen LogP contribution in [0.15, 0.2) is 200 Å². The van der Waals surface area contributed by atoms with E-state index in [2.05, 4.69) is 0 Å². The second-order valence-electron chi connectivity index (χ2n) is 12.9. The quantitative estimate of drug-likeness (QED) is 0.171. The molecule has 5 nitrogen and oxygen atoms in total. The van der Waals surface area contributed by atoms with Crippen molar-refractivity contribution in [1.82, 2.24) is 24.1 Å². The fourth-order valence-corrected chi connectivity index (χ4v) is 7.21. The topological polar surface area (TPSA) is 48.5 Å². The van der Waals surface area contributed by atoms with E-state index in [1.807, 2.05) is 84.9 Å². The van der Waals surface area contributed by atoms with E-state index in [1.165, 1.54) is 0 Å². The Morgan fingerprint density at radius 3 is 1.25 bits per heavy atom. The van der Waals surface area contributed by atoms with Crippen molar-refractivity contribution in [2.45, 2.75) is 0 Å². The molecular weight excluding hydrogens is 683 g/mol. The third-order valence-electron chi connectivity index (χ3n) is 9.74. The molecule has 0 N–H and O–H groups in total. The fraction of sp³-hybridized carbons (Fsp3) is 0. The molecule has 0 atom stereocenters. The molecule has 0 unspecified atom stereocenters. The summed E-state index contributed by atoms with van der Waals surface area (Å²) < 4.78 is 144. The first-order chi connectivity index (χ1) is 34.4. The van der Waals surface area contributed by atoms with E-state index in [-0.39, 0.29) is 49.4 Å². The van der Waals surface area contributed by atoms with Crippen molar-refractivity contribution in [3.63, 3.8) is 0 Å². The zero-order valence-electron chi connectivity index (χ0n) is 45.1. The lowest BCUT2D eigenvalue weighted by Gasteiger charge is -2.14. The minimum absolute atomic E-state index is 0.144. The maximum Gasteiger partial charge on any atom is 0.240 e. The first-order valence-corrected chi connectivity index (χ1v) is 17.6. The van der Waals surface area contributed by atoms with Gasteiger partial charge in [-0.25, -0.2) is 0 Å². The third kappa shape index (κ3) is 5.21. The Kier molecular flexibility index (Phi) is 4.57. The van der Waals surface area contributed by atoms with Crippen molar-refractivity contribution in [2.24, 2.45) is 0 Å². The van der Waals surface area contributed by atoms with Crippen LogP contribution in [0.4, 0.5) is 0 Å². The summed E-state index contributed by atoms with van der Waals surface area (Å²) in [6.45, 7) is 0. The van der Waals surface area contributed by atoms with Crippen LogP contribution in [0.3, 0.4) is 0 Å². The second-order valence-corrected chi connectivity index (χ2v) is 12.9. The molecule has 0 amide bonds. The van der Waals surface area contributed by atoms with Crippen LogP contribution in [-0.4, -0.2) is 24.1 Å². The van der Waals surface area contributed by atoms with Crippen LogP contribution in [0.5, 0.6) is 0 Å². The van der Waals surface area contributed by atoms with Crippen molar-refractivity contribution < 1.29 is 21.9 Å². The average Bonchev–Trinajstić information content (AvgIpc) is 3.97. The first-order valence-electron chi connectivity index (χ1n) is 25.6. The molecule has 0 aliphatic carbocycles. The number of hydrogen-bond donors (Lipinski definition) is 0. The van der Waals surface area contributed by atoms with Crippen LogP contribution >= 0.6 is 0 Å². The lowest BCUT2D eigenvalue weighted by Crippen LogP contribution is -2.10. The molecule has 8 aromatic carbocycles. The van der Waals surface area contributed by atoms with Crippen LogP contribution < -0.4 is 0 Å². The van der Waals surface area contributed by atoms with Gasteiger partial charge in [0.05, 0.1) is 44.0 Å². The summed E-state index contributed by atoms with van der Waals surface area (Å²) in [5.74, 6) is -1.08. The standard InChI is InChI=1S/C51H33N5/c1-2-15-34(16-3-1)35-29-31-36(32-30-35)39-19-4-5-20-40(39)37-17-14-18-38(33-37)49-52-50(55-45-25-10-6-21-41(45)42-22-7-11-26-46(42)55)54-51(53-49)56-47-27-12-8-23-43(47)44-24-9-13-28-48(44)56/h1-33H/i6D,7D,8D,9D,10D,11D,12D,13D,21D,22D,23D,24D,25D,26D,27D,28D. The Hall–Kier alpha value is -7.63. The summed E-state index contributed by atoms with van der Waals surface area (Å²) in [4.78, 5) is 14.6. The Bertz CT molecular complexity index is 3840. The van der Waals surface area contributed by atoms with Gasteiger partial charge in [-0.3, -0.25) is 9.13 Å². The summed E-state index contributed by atoms with van der Waals surface area (Å²) in [6, 6.07) is 22.5. The molecule has 0 aliphatic heterocycles. The molecular formula is C51H33N5. The Morgan fingerprint density at radius 1 is 0.339 bits per heavy atom. The van der Waals surface area contributed by atoms with Crippen LogP contribution in [0.25, 0.3) is 100 Å². The molecule has 262 valence electrons. The molecule has 0 saturated carbocycles. The summed E-state index contributed by atoms with van der Waals surface area (Å²) in [7, 11) is 0. The van der Waals surface area contributed by atoms with E-state index in [0.29, 0.717) is 11.1 Å². The monoisotopic (exact) mass is 731 g/mol. The van der Waals surface area contributed by atoms with Crippen molar-refractivity contribution in [3.8, 4) is 56.7 Å². The Morgan fingerprint density at radius 2 is 0.732 bits per heavy atom. The molecule has 0 bridgehead atoms. The summed E-state index contributed by atoms with van der Waals surface area (Å²) >= 11 is 0.